The third kappa shape index (κ3) is 2.81. The number of nitrogens with two attached hydrogens (primary N) is 1. The molecule has 1 saturated heterocycles. The van der Waals surface area contributed by atoms with Gasteiger partial charge in [-0.1, -0.05) is 25.1 Å². The molecule has 1 aliphatic rings. The number of benzene rings is 1. The monoisotopic (exact) mass is 305 g/mol. The van der Waals surface area contributed by atoms with Gasteiger partial charge in [0.2, 0.25) is 0 Å². The van der Waals surface area contributed by atoms with E-state index in [0.717, 1.165) is 5.52 Å². The molecule has 0 bridgehead atoms. The summed E-state index contributed by atoms with van der Waals surface area (Å²) in [6.07, 6.45) is 1.84. The fraction of sp³-hybridized carbons (Fsp3) is 0.400. The Hall–Kier alpha value is -0.750. The molecule has 2 aromatic rings. The van der Waals surface area contributed by atoms with Crippen LogP contribution in [0.25, 0.3) is 10.9 Å². The lowest BCUT2D eigenvalue weighted by atomic mass is 10.0. The van der Waals surface area contributed by atoms with E-state index in [4.69, 9.17) is 5.84 Å². The van der Waals surface area contributed by atoms with Gasteiger partial charge in [-0.2, -0.15) is 23.5 Å². The molecule has 3 nitrogen and oxygen atoms in total. The van der Waals surface area contributed by atoms with Gasteiger partial charge in [-0.05, 0) is 17.7 Å². The van der Waals surface area contributed by atoms with Crippen molar-refractivity contribution in [1.82, 2.24) is 10.4 Å². The van der Waals surface area contributed by atoms with Gasteiger partial charge in [-0.25, -0.2) is 0 Å². The minimum absolute atomic E-state index is 0.175. The number of hydrogen-bond acceptors (Lipinski definition) is 5. The molecular formula is C15H19N3S2. The van der Waals surface area contributed by atoms with Gasteiger partial charge in [-0.15, -0.1) is 0 Å². The molecule has 3 rings (SSSR count). The second-order valence-corrected chi connectivity index (χ2v) is 7.78. The molecule has 106 valence electrons. The van der Waals surface area contributed by atoms with E-state index >= 15 is 0 Å². The van der Waals surface area contributed by atoms with Crippen molar-refractivity contribution in [3.63, 3.8) is 0 Å². The first kappa shape index (κ1) is 14.2. The second kappa shape index (κ2) is 6.35. The fourth-order valence-corrected chi connectivity index (χ4v) is 5.60. The highest BCUT2D eigenvalue weighted by atomic mass is 32.2. The van der Waals surface area contributed by atoms with Gasteiger partial charge in [0, 0.05) is 33.6 Å². The summed E-state index contributed by atoms with van der Waals surface area (Å²) in [4.78, 5) is 4.44. The molecule has 0 spiro atoms. The van der Waals surface area contributed by atoms with E-state index in [2.05, 4.69) is 41.6 Å². The molecule has 0 saturated carbocycles. The number of hydrazine groups is 1. The zero-order valence-corrected chi connectivity index (χ0v) is 13.1. The van der Waals surface area contributed by atoms with Crippen LogP contribution >= 0.6 is 23.5 Å². The number of nitrogens with zero attached hydrogens (tertiary/aromatic N) is 1. The summed E-state index contributed by atoms with van der Waals surface area (Å²) in [5.74, 6) is 8.28. The lowest BCUT2D eigenvalue weighted by molar-refractivity contribution is 0.527. The first-order valence-corrected chi connectivity index (χ1v) is 8.93. The zero-order valence-electron chi connectivity index (χ0n) is 11.5. The normalized spacial score (nSPS) is 24.7. The Labute approximate surface area is 128 Å². The van der Waals surface area contributed by atoms with Crippen molar-refractivity contribution >= 4 is 34.4 Å². The summed E-state index contributed by atoms with van der Waals surface area (Å²) in [5, 5.41) is 2.28. The predicted molar refractivity (Wildman–Crippen MR) is 90.0 cm³/mol. The van der Waals surface area contributed by atoms with E-state index in [1.54, 1.807) is 0 Å². The first-order valence-electron chi connectivity index (χ1n) is 6.83. The summed E-state index contributed by atoms with van der Waals surface area (Å²) < 4.78 is 0. The molecule has 5 heteroatoms. The van der Waals surface area contributed by atoms with Crippen molar-refractivity contribution in [3.05, 3.63) is 42.1 Å². The number of nitrogens with one attached hydrogen (secondary N) is 1. The lowest BCUT2D eigenvalue weighted by Gasteiger charge is -2.34. The number of hydrogen-bond donors (Lipinski definition) is 2. The molecule has 0 amide bonds. The van der Waals surface area contributed by atoms with Crippen molar-refractivity contribution < 1.29 is 0 Å². The highest BCUT2D eigenvalue weighted by Gasteiger charge is 2.30. The van der Waals surface area contributed by atoms with Crippen molar-refractivity contribution in [3.8, 4) is 0 Å². The van der Waals surface area contributed by atoms with E-state index in [-0.39, 0.29) is 6.04 Å². The standard InChI is InChI=1S/C15H19N3S2/c1-10-15(20-8-7-19-10)14(18-16)12-5-4-11-3-2-6-17-13(11)9-12/h2-6,9-10,14-15,18H,7-8,16H2,1H3. The molecule has 1 fully saturated rings. The molecule has 3 unspecified atom stereocenters. The molecular weight excluding hydrogens is 286 g/mol. The van der Waals surface area contributed by atoms with Crippen LogP contribution in [-0.2, 0) is 0 Å². The Morgan fingerprint density at radius 2 is 2.15 bits per heavy atom. The van der Waals surface area contributed by atoms with E-state index in [9.17, 15) is 0 Å². The van der Waals surface area contributed by atoms with Gasteiger partial charge < -0.3 is 0 Å². The van der Waals surface area contributed by atoms with Gasteiger partial charge >= 0.3 is 0 Å². The van der Waals surface area contributed by atoms with Crippen molar-refractivity contribution in [2.24, 2.45) is 5.84 Å². The van der Waals surface area contributed by atoms with E-state index in [1.807, 2.05) is 35.8 Å². The van der Waals surface area contributed by atoms with E-state index in [0.29, 0.717) is 10.5 Å². The molecule has 3 atom stereocenters. The minimum Gasteiger partial charge on any atom is -0.271 e. The fourth-order valence-electron chi connectivity index (χ4n) is 2.67. The van der Waals surface area contributed by atoms with Crippen molar-refractivity contribution in [2.45, 2.75) is 23.5 Å². The van der Waals surface area contributed by atoms with E-state index in [1.165, 1.54) is 22.5 Å². The SMILES string of the molecule is CC1SCCSC1C(NN)c1ccc2cccnc2c1. The Kier molecular flexibility index (Phi) is 4.51. The third-order valence-corrected chi connectivity index (χ3v) is 6.93. The van der Waals surface area contributed by atoms with Crippen LogP contribution in [0.4, 0.5) is 0 Å². The maximum absolute atomic E-state index is 5.85. The van der Waals surface area contributed by atoms with Crippen LogP contribution in [0.15, 0.2) is 36.5 Å². The number of pyridine rings is 1. The number of thioether (sulfide) groups is 2. The summed E-state index contributed by atoms with van der Waals surface area (Å²) in [5.41, 5.74) is 5.28. The van der Waals surface area contributed by atoms with Crippen LogP contribution in [0, 0.1) is 0 Å². The number of fused-ring (bicyclic) bond motifs is 1. The largest absolute Gasteiger partial charge is 0.271 e. The van der Waals surface area contributed by atoms with Gasteiger partial charge in [-0.3, -0.25) is 16.3 Å². The van der Waals surface area contributed by atoms with Crippen LogP contribution in [0.5, 0.6) is 0 Å². The average molecular weight is 305 g/mol. The smallest absolute Gasteiger partial charge is 0.0705 e. The Balaban J connectivity index is 1.93. The molecule has 1 aliphatic heterocycles. The molecule has 20 heavy (non-hydrogen) atoms. The maximum Gasteiger partial charge on any atom is 0.0705 e. The van der Waals surface area contributed by atoms with Crippen LogP contribution in [0.3, 0.4) is 0 Å². The average Bonchev–Trinajstić information content (AvgIpc) is 2.50. The summed E-state index contributed by atoms with van der Waals surface area (Å²) in [6, 6.07) is 10.7. The molecule has 1 aromatic carbocycles. The minimum atomic E-state index is 0.175. The van der Waals surface area contributed by atoms with Gasteiger partial charge in [0.1, 0.15) is 0 Å². The zero-order chi connectivity index (χ0) is 13.9. The Bertz CT molecular complexity index is 590. The van der Waals surface area contributed by atoms with Gasteiger partial charge in [0.15, 0.2) is 0 Å². The van der Waals surface area contributed by atoms with E-state index < -0.39 is 0 Å². The number of aromatic nitrogens is 1. The number of rotatable bonds is 3. The van der Waals surface area contributed by atoms with Gasteiger partial charge in [0.25, 0.3) is 0 Å². The Morgan fingerprint density at radius 3 is 2.95 bits per heavy atom. The van der Waals surface area contributed by atoms with Gasteiger partial charge in [0.05, 0.1) is 11.6 Å². The van der Waals surface area contributed by atoms with Crippen LogP contribution in [0.1, 0.15) is 18.5 Å². The molecule has 1 aromatic heterocycles. The first-order chi connectivity index (χ1) is 9.79. The Morgan fingerprint density at radius 1 is 1.30 bits per heavy atom. The highest BCUT2D eigenvalue weighted by Crippen LogP contribution is 2.38. The third-order valence-electron chi connectivity index (χ3n) is 3.73. The highest BCUT2D eigenvalue weighted by molar-refractivity contribution is 8.07. The lowest BCUT2D eigenvalue weighted by Crippen LogP contribution is -2.40. The van der Waals surface area contributed by atoms with Crippen molar-refractivity contribution in [2.75, 3.05) is 11.5 Å². The quantitative estimate of drug-likeness (QED) is 0.674. The van der Waals surface area contributed by atoms with Crippen LogP contribution < -0.4 is 11.3 Å². The maximum atomic E-state index is 5.85. The summed E-state index contributed by atoms with van der Waals surface area (Å²) in [7, 11) is 0. The topological polar surface area (TPSA) is 50.9 Å². The molecule has 3 N–H and O–H groups in total. The molecule has 0 aliphatic carbocycles. The molecule has 2 heterocycles. The summed E-state index contributed by atoms with van der Waals surface area (Å²) >= 11 is 4.06. The van der Waals surface area contributed by atoms with Crippen LogP contribution in [-0.4, -0.2) is 27.0 Å². The van der Waals surface area contributed by atoms with Crippen molar-refractivity contribution in [1.29, 1.82) is 0 Å². The van der Waals surface area contributed by atoms with Crippen LogP contribution in [0.2, 0.25) is 0 Å². The predicted octanol–water partition coefficient (Wildman–Crippen LogP) is 2.98. The second-order valence-electron chi connectivity index (χ2n) is 5.01. The molecule has 0 radical (unpaired) electrons. The summed E-state index contributed by atoms with van der Waals surface area (Å²) in [6.45, 7) is 2.30.